The van der Waals surface area contributed by atoms with Crippen molar-refractivity contribution in [3.8, 4) is 0 Å². The van der Waals surface area contributed by atoms with E-state index in [9.17, 15) is 18.4 Å². The average molecular weight is 301 g/mol. The van der Waals surface area contributed by atoms with Crippen molar-refractivity contribution in [2.75, 3.05) is 4.90 Å². The summed E-state index contributed by atoms with van der Waals surface area (Å²) in [5.74, 6) is -3.17. The molecule has 116 valence electrons. The van der Waals surface area contributed by atoms with Crippen LogP contribution in [0.5, 0.6) is 0 Å². The van der Waals surface area contributed by atoms with E-state index in [0.717, 1.165) is 12.1 Å². The molecule has 0 fully saturated rings. The van der Waals surface area contributed by atoms with Gasteiger partial charge in [0, 0.05) is 6.07 Å². The van der Waals surface area contributed by atoms with Crippen molar-refractivity contribution in [2.24, 2.45) is 0 Å². The Hall–Kier alpha value is -2.18. The van der Waals surface area contributed by atoms with Crippen molar-refractivity contribution in [3.63, 3.8) is 0 Å². The molecule has 5 nitrogen and oxygen atoms in total. The Morgan fingerprint density at radius 1 is 1.19 bits per heavy atom. The summed E-state index contributed by atoms with van der Waals surface area (Å²) in [6, 6.07) is 1.02. The molecule has 0 aromatic heterocycles. The largest absolute Gasteiger partial charge is 0.480 e. The topological polar surface area (TPSA) is 66.8 Å². The molecule has 1 unspecified atom stereocenters. The first-order valence-electron chi connectivity index (χ1n) is 6.22. The molecule has 1 amide bonds. The number of halogens is 2. The predicted octanol–water partition coefficient (Wildman–Crippen LogP) is 3.18. The number of ether oxygens (including phenoxy) is 1. The van der Waals surface area contributed by atoms with E-state index in [0.29, 0.717) is 11.0 Å². The Morgan fingerprint density at radius 2 is 1.67 bits per heavy atom. The van der Waals surface area contributed by atoms with E-state index in [1.165, 1.54) is 6.92 Å². The van der Waals surface area contributed by atoms with Crippen LogP contribution in [0.1, 0.15) is 27.7 Å². The van der Waals surface area contributed by atoms with E-state index in [4.69, 9.17) is 9.84 Å². The van der Waals surface area contributed by atoms with Gasteiger partial charge in [0.05, 0.1) is 5.69 Å². The summed E-state index contributed by atoms with van der Waals surface area (Å²) in [6.45, 7) is 6.01. The quantitative estimate of drug-likeness (QED) is 0.931. The molecule has 0 saturated heterocycles. The number of aliphatic carboxylic acids is 1. The van der Waals surface area contributed by atoms with E-state index in [-0.39, 0.29) is 5.69 Å². The third-order valence-corrected chi connectivity index (χ3v) is 2.46. The molecule has 7 heteroatoms. The third-order valence-electron chi connectivity index (χ3n) is 2.46. The SMILES string of the molecule is CC(C(=O)O)N(C(=O)OC(C)(C)C)c1cc(F)cc(F)c1. The number of carbonyl (C=O) groups is 2. The van der Waals surface area contributed by atoms with Crippen molar-refractivity contribution in [3.05, 3.63) is 29.8 Å². The zero-order valence-corrected chi connectivity index (χ0v) is 12.2. The first kappa shape index (κ1) is 16.9. The van der Waals surface area contributed by atoms with Gasteiger partial charge in [0.2, 0.25) is 0 Å². The van der Waals surface area contributed by atoms with Gasteiger partial charge in [-0.05, 0) is 39.8 Å². The molecular formula is C14H17F2NO4. The number of nitrogens with zero attached hydrogens (tertiary/aromatic N) is 1. The minimum atomic E-state index is -1.35. The second-order valence-electron chi connectivity index (χ2n) is 5.49. The summed E-state index contributed by atoms with van der Waals surface area (Å²) in [4.78, 5) is 23.9. The second kappa shape index (κ2) is 6.07. The molecule has 1 aromatic carbocycles. The van der Waals surface area contributed by atoms with Crippen molar-refractivity contribution in [1.29, 1.82) is 0 Å². The molecule has 21 heavy (non-hydrogen) atoms. The monoisotopic (exact) mass is 301 g/mol. The average Bonchev–Trinajstić information content (AvgIpc) is 2.24. The summed E-state index contributed by atoms with van der Waals surface area (Å²) < 4.78 is 31.7. The smallest absolute Gasteiger partial charge is 0.415 e. The zero-order valence-electron chi connectivity index (χ0n) is 12.2. The van der Waals surface area contributed by atoms with Gasteiger partial charge in [0.25, 0.3) is 0 Å². The summed E-state index contributed by atoms with van der Waals surface area (Å²) in [6.07, 6.45) is -0.998. The Labute approximate surface area is 121 Å². The number of carboxylic acid groups (broad SMARTS) is 1. The van der Waals surface area contributed by atoms with Crippen LogP contribution >= 0.6 is 0 Å². The number of hydrogen-bond acceptors (Lipinski definition) is 3. The predicted molar refractivity (Wildman–Crippen MR) is 72.2 cm³/mol. The van der Waals surface area contributed by atoms with Crippen molar-refractivity contribution < 1.29 is 28.2 Å². The summed E-state index contributed by atoms with van der Waals surface area (Å²) >= 11 is 0. The number of benzene rings is 1. The van der Waals surface area contributed by atoms with Crippen LogP contribution < -0.4 is 4.90 Å². The fourth-order valence-corrected chi connectivity index (χ4v) is 1.59. The molecule has 0 spiro atoms. The standard InChI is InChI=1S/C14H17F2NO4/c1-8(12(18)19)17(13(20)21-14(2,3)4)11-6-9(15)5-10(16)7-11/h5-8H,1-4H3,(H,18,19). The Balaban J connectivity index is 3.25. The lowest BCUT2D eigenvalue weighted by molar-refractivity contribution is -0.138. The molecular weight excluding hydrogens is 284 g/mol. The third kappa shape index (κ3) is 4.70. The van der Waals surface area contributed by atoms with Crippen LogP contribution in [-0.2, 0) is 9.53 Å². The van der Waals surface area contributed by atoms with Gasteiger partial charge in [0.1, 0.15) is 23.3 Å². The van der Waals surface area contributed by atoms with Gasteiger partial charge in [-0.25, -0.2) is 18.4 Å². The van der Waals surface area contributed by atoms with Crippen LogP contribution in [0.4, 0.5) is 19.3 Å². The molecule has 0 aliphatic rings. The maximum absolute atomic E-state index is 13.3. The zero-order chi connectivity index (χ0) is 16.4. The van der Waals surface area contributed by atoms with E-state index in [1.54, 1.807) is 20.8 Å². The maximum Gasteiger partial charge on any atom is 0.415 e. The number of carboxylic acids is 1. The minimum absolute atomic E-state index is 0.225. The highest BCUT2D eigenvalue weighted by molar-refractivity contribution is 5.95. The van der Waals surface area contributed by atoms with Crippen LogP contribution in [0.3, 0.4) is 0 Å². The Morgan fingerprint density at radius 3 is 2.05 bits per heavy atom. The fraction of sp³-hybridized carbons (Fsp3) is 0.429. The lowest BCUT2D eigenvalue weighted by Gasteiger charge is -2.29. The first-order chi connectivity index (χ1) is 9.51. The fourth-order valence-electron chi connectivity index (χ4n) is 1.59. The van der Waals surface area contributed by atoms with Gasteiger partial charge in [-0.1, -0.05) is 0 Å². The number of hydrogen-bond donors (Lipinski definition) is 1. The highest BCUT2D eigenvalue weighted by Gasteiger charge is 2.31. The van der Waals surface area contributed by atoms with Gasteiger partial charge in [-0.2, -0.15) is 0 Å². The molecule has 0 radical (unpaired) electrons. The van der Waals surface area contributed by atoms with E-state index in [2.05, 4.69) is 0 Å². The Bertz CT molecular complexity index is 534. The molecule has 0 saturated carbocycles. The first-order valence-corrected chi connectivity index (χ1v) is 6.22. The van der Waals surface area contributed by atoms with E-state index >= 15 is 0 Å². The van der Waals surface area contributed by atoms with Crippen LogP contribution in [0, 0.1) is 11.6 Å². The molecule has 0 aliphatic heterocycles. The lowest BCUT2D eigenvalue weighted by atomic mass is 10.2. The number of anilines is 1. The highest BCUT2D eigenvalue weighted by atomic mass is 19.1. The van der Waals surface area contributed by atoms with Crippen LogP contribution in [0.15, 0.2) is 18.2 Å². The van der Waals surface area contributed by atoms with Crippen LogP contribution in [0.25, 0.3) is 0 Å². The number of rotatable bonds is 3. The molecule has 0 heterocycles. The molecule has 1 N–H and O–H groups in total. The van der Waals surface area contributed by atoms with Gasteiger partial charge in [-0.3, -0.25) is 4.90 Å². The molecule has 0 bridgehead atoms. The second-order valence-corrected chi connectivity index (χ2v) is 5.49. The summed E-state index contributed by atoms with van der Waals surface area (Å²) in [7, 11) is 0. The van der Waals surface area contributed by atoms with Crippen molar-refractivity contribution in [1.82, 2.24) is 0 Å². The minimum Gasteiger partial charge on any atom is -0.480 e. The Kier molecular flexibility index (Phi) is 4.88. The van der Waals surface area contributed by atoms with Crippen LogP contribution in [-0.4, -0.2) is 28.8 Å². The van der Waals surface area contributed by atoms with Crippen molar-refractivity contribution >= 4 is 17.7 Å². The van der Waals surface area contributed by atoms with Gasteiger partial charge >= 0.3 is 12.1 Å². The highest BCUT2D eigenvalue weighted by Crippen LogP contribution is 2.23. The summed E-state index contributed by atoms with van der Waals surface area (Å²) in [5, 5.41) is 9.06. The molecule has 1 rings (SSSR count). The maximum atomic E-state index is 13.3. The molecule has 1 aromatic rings. The molecule has 1 atom stereocenters. The van der Waals surface area contributed by atoms with E-state index < -0.39 is 35.3 Å². The van der Waals surface area contributed by atoms with Crippen LogP contribution in [0.2, 0.25) is 0 Å². The van der Waals surface area contributed by atoms with Gasteiger partial charge in [0.15, 0.2) is 0 Å². The van der Waals surface area contributed by atoms with Gasteiger partial charge < -0.3 is 9.84 Å². The number of carbonyl (C=O) groups excluding carboxylic acids is 1. The lowest BCUT2D eigenvalue weighted by Crippen LogP contribution is -2.46. The van der Waals surface area contributed by atoms with E-state index in [1.807, 2.05) is 0 Å². The normalized spacial score (nSPS) is 12.7. The van der Waals surface area contributed by atoms with Crippen molar-refractivity contribution in [2.45, 2.75) is 39.3 Å². The van der Waals surface area contributed by atoms with Gasteiger partial charge in [-0.15, -0.1) is 0 Å². The number of amides is 1. The molecule has 0 aliphatic carbocycles. The summed E-state index contributed by atoms with van der Waals surface area (Å²) in [5.41, 5.74) is -1.10.